The van der Waals surface area contributed by atoms with E-state index in [1.165, 1.54) is 16.9 Å². The van der Waals surface area contributed by atoms with Crippen molar-refractivity contribution in [3.05, 3.63) is 24.3 Å². The van der Waals surface area contributed by atoms with Gasteiger partial charge in [0.2, 0.25) is 15.9 Å². The van der Waals surface area contributed by atoms with Crippen molar-refractivity contribution in [2.45, 2.75) is 23.9 Å². The molecule has 0 aromatic heterocycles. The zero-order valence-corrected chi connectivity index (χ0v) is 16.1. The molecule has 1 amide bonds. The molecule has 1 aliphatic rings. The maximum absolute atomic E-state index is 12.3. The molecule has 1 fully saturated rings. The Hall–Kier alpha value is -1.74. The Morgan fingerprint density at radius 3 is 2.11 bits per heavy atom. The molecule has 0 unspecified atom stereocenters. The van der Waals surface area contributed by atoms with Crippen molar-refractivity contribution in [2.75, 3.05) is 25.0 Å². The quantitative estimate of drug-likeness (QED) is 0.582. The number of nitrogens with one attached hydrogen (secondary N) is 2. The topological polar surface area (TPSA) is 139 Å². The maximum Gasteiger partial charge on any atom is 0.402 e. The van der Waals surface area contributed by atoms with Crippen molar-refractivity contribution in [1.82, 2.24) is 9.03 Å². The number of carbonyl (C=O) groups excluding carboxylic acids is 1. The predicted molar refractivity (Wildman–Crippen MR) is 93.7 cm³/mol. The number of sulfonamides is 1. The minimum absolute atomic E-state index is 0.110. The summed E-state index contributed by atoms with van der Waals surface area (Å²) in [6.07, 6.45) is -4.13. The summed E-state index contributed by atoms with van der Waals surface area (Å²) >= 11 is 0. The predicted octanol–water partition coefficient (Wildman–Crippen LogP) is 0.381. The SMILES string of the molecule is NS(=O)(=O)N1CCC(C(=O)Nc2ccc(S(=O)(=O)NCC(F)(F)F)cc2)CC1. The van der Waals surface area contributed by atoms with Gasteiger partial charge in [0.15, 0.2) is 0 Å². The van der Waals surface area contributed by atoms with Gasteiger partial charge in [-0.25, -0.2) is 18.3 Å². The van der Waals surface area contributed by atoms with Gasteiger partial charge in [-0.2, -0.15) is 25.9 Å². The highest BCUT2D eigenvalue weighted by Gasteiger charge is 2.31. The summed E-state index contributed by atoms with van der Waals surface area (Å²) in [5, 5.41) is 7.60. The number of nitrogens with two attached hydrogens (primary N) is 1. The third-order valence-corrected chi connectivity index (χ3v) is 6.58. The van der Waals surface area contributed by atoms with E-state index in [-0.39, 0.29) is 42.4 Å². The second-order valence-corrected chi connectivity index (χ2v) is 9.48. The molecule has 28 heavy (non-hydrogen) atoms. The fourth-order valence-corrected chi connectivity index (χ4v) is 4.33. The highest BCUT2D eigenvalue weighted by molar-refractivity contribution is 7.89. The third kappa shape index (κ3) is 6.41. The molecule has 0 aliphatic carbocycles. The minimum atomic E-state index is -4.68. The normalized spacial score (nSPS) is 17.4. The molecule has 0 spiro atoms. The molecule has 0 bridgehead atoms. The second kappa shape index (κ2) is 8.32. The molecule has 2 rings (SSSR count). The first kappa shape index (κ1) is 22.5. The highest BCUT2D eigenvalue weighted by atomic mass is 32.2. The summed E-state index contributed by atoms with van der Waals surface area (Å²) < 4.78 is 85.1. The van der Waals surface area contributed by atoms with Crippen LogP contribution in [0.3, 0.4) is 0 Å². The number of halogens is 3. The molecule has 0 saturated carbocycles. The van der Waals surface area contributed by atoms with Crippen molar-refractivity contribution >= 4 is 31.8 Å². The second-order valence-electron chi connectivity index (χ2n) is 6.17. The average molecular weight is 444 g/mol. The molecule has 1 heterocycles. The lowest BCUT2D eigenvalue weighted by Gasteiger charge is -2.29. The molecular weight excluding hydrogens is 425 g/mol. The van der Waals surface area contributed by atoms with Gasteiger partial charge >= 0.3 is 6.18 Å². The third-order valence-electron chi connectivity index (χ3n) is 4.08. The van der Waals surface area contributed by atoms with E-state index in [1.807, 2.05) is 0 Å². The van der Waals surface area contributed by atoms with Gasteiger partial charge in [-0.3, -0.25) is 4.79 Å². The van der Waals surface area contributed by atoms with Crippen LogP contribution in [-0.2, 0) is 25.0 Å². The fraction of sp³-hybridized carbons (Fsp3) is 0.500. The number of benzene rings is 1. The zero-order chi connectivity index (χ0) is 21.2. The number of carbonyl (C=O) groups is 1. The number of hydrogen-bond donors (Lipinski definition) is 3. The summed E-state index contributed by atoms with van der Waals surface area (Å²) in [6.45, 7) is -1.47. The lowest BCUT2D eigenvalue weighted by atomic mass is 9.97. The Kier molecular flexibility index (Phi) is 6.70. The summed E-state index contributed by atoms with van der Waals surface area (Å²) in [7, 11) is -8.13. The fourth-order valence-electron chi connectivity index (χ4n) is 2.59. The van der Waals surface area contributed by atoms with Crippen LogP contribution in [0.4, 0.5) is 18.9 Å². The Labute approximate surface area is 160 Å². The number of piperidine rings is 1. The van der Waals surface area contributed by atoms with Crippen LogP contribution in [-0.4, -0.2) is 52.9 Å². The van der Waals surface area contributed by atoms with E-state index in [0.717, 1.165) is 16.4 Å². The van der Waals surface area contributed by atoms with Crippen LogP contribution < -0.4 is 15.2 Å². The van der Waals surface area contributed by atoms with Crippen LogP contribution in [0.25, 0.3) is 0 Å². The van der Waals surface area contributed by atoms with Gasteiger partial charge < -0.3 is 5.32 Å². The maximum atomic E-state index is 12.3. The summed E-state index contributed by atoms with van der Waals surface area (Å²) in [4.78, 5) is 11.9. The molecule has 14 heteroatoms. The standard InChI is InChI=1S/C14H19F3N4O5S2/c15-14(16,17)9-19-27(23,24)12-3-1-11(2-4-12)20-13(22)10-5-7-21(8-6-10)28(18,25)26/h1-4,10,19H,5-9H2,(H,20,22)(H2,18,25,26). The van der Waals surface area contributed by atoms with E-state index in [1.54, 1.807) is 0 Å². The molecular formula is C14H19F3N4O5S2. The van der Waals surface area contributed by atoms with Gasteiger partial charge in [-0.1, -0.05) is 0 Å². The van der Waals surface area contributed by atoms with Gasteiger partial charge in [0.25, 0.3) is 10.2 Å². The summed E-state index contributed by atoms with van der Waals surface area (Å²) in [5.41, 5.74) is 0.258. The molecule has 4 N–H and O–H groups in total. The first-order valence-electron chi connectivity index (χ1n) is 8.03. The first-order chi connectivity index (χ1) is 12.8. The van der Waals surface area contributed by atoms with Crippen LogP contribution in [0.15, 0.2) is 29.2 Å². The van der Waals surface area contributed by atoms with E-state index in [9.17, 15) is 34.8 Å². The first-order valence-corrected chi connectivity index (χ1v) is 11.0. The van der Waals surface area contributed by atoms with Crippen LogP contribution >= 0.6 is 0 Å². The highest BCUT2D eigenvalue weighted by Crippen LogP contribution is 2.22. The van der Waals surface area contributed by atoms with Crippen LogP contribution in [0.2, 0.25) is 0 Å². The van der Waals surface area contributed by atoms with E-state index in [4.69, 9.17) is 5.14 Å². The molecule has 1 saturated heterocycles. The molecule has 9 nitrogen and oxygen atoms in total. The molecule has 0 atom stereocenters. The van der Waals surface area contributed by atoms with Gasteiger partial charge in [0.05, 0.1) is 4.90 Å². The average Bonchev–Trinajstić information content (AvgIpc) is 2.59. The van der Waals surface area contributed by atoms with E-state index < -0.39 is 38.9 Å². The molecule has 1 aliphatic heterocycles. The Morgan fingerprint density at radius 1 is 1.11 bits per heavy atom. The van der Waals surface area contributed by atoms with E-state index >= 15 is 0 Å². The largest absolute Gasteiger partial charge is 0.402 e. The number of rotatable bonds is 6. The van der Waals surface area contributed by atoms with Crippen LogP contribution in [0.5, 0.6) is 0 Å². The van der Waals surface area contributed by atoms with Crippen molar-refractivity contribution in [3.63, 3.8) is 0 Å². The van der Waals surface area contributed by atoms with Crippen LogP contribution in [0, 0.1) is 5.92 Å². The van der Waals surface area contributed by atoms with Crippen molar-refractivity contribution in [2.24, 2.45) is 11.1 Å². The van der Waals surface area contributed by atoms with Crippen molar-refractivity contribution in [1.29, 1.82) is 0 Å². The zero-order valence-electron chi connectivity index (χ0n) is 14.4. The minimum Gasteiger partial charge on any atom is -0.326 e. The van der Waals surface area contributed by atoms with Crippen LogP contribution in [0.1, 0.15) is 12.8 Å². The van der Waals surface area contributed by atoms with Gasteiger partial charge in [0, 0.05) is 24.7 Å². The number of nitrogens with zero attached hydrogens (tertiary/aromatic N) is 1. The Bertz CT molecular complexity index is 909. The Morgan fingerprint density at radius 2 is 1.64 bits per heavy atom. The van der Waals surface area contributed by atoms with Gasteiger partial charge in [-0.15, -0.1) is 0 Å². The molecule has 1 aromatic carbocycles. The smallest absolute Gasteiger partial charge is 0.326 e. The van der Waals surface area contributed by atoms with Crippen molar-refractivity contribution < 1.29 is 34.8 Å². The summed E-state index contributed by atoms with van der Waals surface area (Å²) in [5.74, 6) is -0.824. The van der Waals surface area contributed by atoms with Gasteiger partial charge in [-0.05, 0) is 37.1 Å². The van der Waals surface area contributed by atoms with E-state index in [2.05, 4.69) is 5.32 Å². The number of amides is 1. The summed E-state index contributed by atoms with van der Waals surface area (Å²) in [6, 6.07) is 4.63. The lowest BCUT2D eigenvalue weighted by molar-refractivity contribution is -0.122. The van der Waals surface area contributed by atoms with Crippen molar-refractivity contribution in [3.8, 4) is 0 Å². The number of hydrogen-bond acceptors (Lipinski definition) is 5. The van der Waals surface area contributed by atoms with Gasteiger partial charge in [0.1, 0.15) is 6.54 Å². The number of anilines is 1. The van der Waals surface area contributed by atoms with E-state index in [0.29, 0.717) is 0 Å². The molecule has 0 radical (unpaired) electrons. The monoisotopic (exact) mass is 444 g/mol. The molecule has 1 aromatic rings. The number of alkyl halides is 3. The lowest BCUT2D eigenvalue weighted by Crippen LogP contribution is -2.44. The Balaban J connectivity index is 1.94. The molecule has 158 valence electrons.